The van der Waals surface area contributed by atoms with Crippen LogP contribution in [0, 0.1) is 17.1 Å². The average molecular weight is 269 g/mol. The molecular weight excluding hydrogens is 257 g/mol. The topological polar surface area (TPSA) is 58.7 Å². The van der Waals surface area contributed by atoms with E-state index in [1.807, 2.05) is 6.07 Å². The van der Waals surface area contributed by atoms with Crippen LogP contribution in [0.4, 0.5) is 4.39 Å². The van der Waals surface area contributed by atoms with Gasteiger partial charge in [-0.1, -0.05) is 6.07 Å². The highest BCUT2D eigenvalue weighted by Crippen LogP contribution is 2.40. The number of benzene rings is 1. The van der Waals surface area contributed by atoms with Crippen LogP contribution in [0.15, 0.2) is 30.7 Å². The Morgan fingerprint density at radius 3 is 3.00 bits per heavy atom. The standard InChI is InChI=1S/C15H12FN3O/c1-10(20)15(5-4-12-8-18-9-19(12)15)13-3-2-11(7-17)6-14(13)16/h2-3,6,8-9H,4-5H2,1H3. The first-order chi connectivity index (χ1) is 9.59. The first kappa shape index (κ1) is 12.5. The second-order valence-corrected chi connectivity index (χ2v) is 4.98. The first-order valence-electron chi connectivity index (χ1n) is 6.32. The van der Waals surface area contributed by atoms with Crippen LogP contribution < -0.4 is 0 Å². The fourth-order valence-corrected chi connectivity index (χ4v) is 3.00. The minimum absolute atomic E-state index is 0.127. The van der Waals surface area contributed by atoms with Crippen molar-refractivity contribution in [3.63, 3.8) is 0 Å². The summed E-state index contributed by atoms with van der Waals surface area (Å²) in [5.74, 6) is -0.654. The fraction of sp³-hybridized carbons (Fsp3) is 0.267. The lowest BCUT2D eigenvalue weighted by Gasteiger charge is -2.29. The molecule has 1 atom stereocenters. The van der Waals surface area contributed by atoms with Gasteiger partial charge in [-0.3, -0.25) is 4.79 Å². The first-order valence-corrected chi connectivity index (χ1v) is 6.32. The molecule has 0 N–H and O–H groups in total. The van der Waals surface area contributed by atoms with Gasteiger partial charge in [-0.05, 0) is 31.9 Å². The molecule has 2 heterocycles. The molecule has 2 aromatic rings. The van der Waals surface area contributed by atoms with Crippen LogP contribution in [0.25, 0.3) is 0 Å². The summed E-state index contributed by atoms with van der Waals surface area (Å²) in [6, 6.07) is 6.14. The van der Waals surface area contributed by atoms with E-state index in [0.29, 0.717) is 18.4 Å². The fourth-order valence-electron chi connectivity index (χ4n) is 3.00. The van der Waals surface area contributed by atoms with Crippen molar-refractivity contribution in [2.75, 3.05) is 0 Å². The summed E-state index contributed by atoms with van der Waals surface area (Å²) in [5, 5.41) is 8.82. The average Bonchev–Trinajstić information content (AvgIpc) is 3.00. The van der Waals surface area contributed by atoms with E-state index in [9.17, 15) is 9.18 Å². The molecule has 0 saturated heterocycles. The minimum Gasteiger partial charge on any atom is -0.317 e. The van der Waals surface area contributed by atoms with Gasteiger partial charge in [-0.15, -0.1) is 0 Å². The molecule has 4 nitrogen and oxygen atoms in total. The number of nitrogens with zero attached hydrogens (tertiary/aromatic N) is 3. The Morgan fingerprint density at radius 2 is 2.35 bits per heavy atom. The highest BCUT2D eigenvalue weighted by Gasteiger charge is 2.45. The summed E-state index contributed by atoms with van der Waals surface area (Å²) < 4.78 is 16.1. The van der Waals surface area contributed by atoms with Crippen molar-refractivity contribution < 1.29 is 9.18 Å². The largest absolute Gasteiger partial charge is 0.317 e. The van der Waals surface area contributed by atoms with Crippen LogP contribution in [-0.2, 0) is 16.8 Å². The maximum absolute atomic E-state index is 14.4. The molecule has 1 unspecified atom stereocenters. The maximum atomic E-state index is 14.4. The lowest BCUT2D eigenvalue weighted by molar-refractivity contribution is -0.123. The molecule has 5 heteroatoms. The van der Waals surface area contributed by atoms with Crippen LogP contribution in [0.5, 0.6) is 0 Å². The van der Waals surface area contributed by atoms with Gasteiger partial charge in [-0.25, -0.2) is 9.37 Å². The lowest BCUT2D eigenvalue weighted by Crippen LogP contribution is -2.39. The minimum atomic E-state index is -1.04. The number of ketones is 1. The number of carbonyl (C=O) groups excluding carboxylic acids is 1. The predicted molar refractivity (Wildman–Crippen MR) is 69.4 cm³/mol. The summed E-state index contributed by atoms with van der Waals surface area (Å²) in [7, 11) is 0. The Bertz CT molecular complexity index is 744. The smallest absolute Gasteiger partial charge is 0.160 e. The van der Waals surface area contributed by atoms with Crippen molar-refractivity contribution in [1.29, 1.82) is 5.26 Å². The molecule has 1 aliphatic heterocycles. The molecule has 0 saturated carbocycles. The van der Waals surface area contributed by atoms with Crippen LogP contribution in [0.3, 0.4) is 0 Å². The van der Waals surface area contributed by atoms with E-state index >= 15 is 0 Å². The Kier molecular flexibility index (Phi) is 2.68. The van der Waals surface area contributed by atoms with E-state index in [-0.39, 0.29) is 11.3 Å². The van der Waals surface area contributed by atoms with E-state index in [1.54, 1.807) is 17.1 Å². The molecule has 1 aromatic carbocycles. The Morgan fingerprint density at radius 1 is 1.55 bits per heavy atom. The predicted octanol–water partition coefficient (Wildman–Crippen LogP) is 2.17. The van der Waals surface area contributed by atoms with Crippen molar-refractivity contribution in [3.05, 3.63) is 53.4 Å². The van der Waals surface area contributed by atoms with Gasteiger partial charge in [-0.2, -0.15) is 5.26 Å². The third-order valence-electron chi connectivity index (χ3n) is 4.00. The van der Waals surface area contributed by atoms with Crippen LogP contribution in [0.2, 0.25) is 0 Å². The second-order valence-electron chi connectivity index (χ2n) is 4.98. The number of hydrogen-bond acceptors (Lipinski definition) is 3. The summed E-state index contributed by atoms with van der Waals surface area (Å²) >= 11 is 0. The van der Waals surface area contributed by atoms with E-state index < -0.39 is 11.4 Å². The van der Waals surface area contributed by atoms with Crippen molar-refractivity contribution in [1.82, 2.24) is 9.55 Å². The lowest BCUT2D eigenvalue weighted by atomic mass is 9.83. The van der Waals surface area contributed by atoms with Gasteiger partial charge in [0.25, 0.3) is 0 Å². The van der Waals surface area contributed by atoms with Crippen molar-refractivity contribution in [3.8, 4) is 6.07 Å². The van der Waals surface area contributed by atoms with Crippen LogP contribution in [-0.4, -0.2) is 15.3 Å². The number of aryl methyl sites for hydroxylation is 1. The molecule has 1 aliphatic rings. The molecule has 0 spiro atoms. The van der Waals surface area contributed by atoms with Gasteiger partial charge in [0.2, 0.25) is 0 Å². The molecule has 0 aliphatic carbocycles. The van der Waals surface area contributed by atoms with Gasteiger partial charge < -0.3 is 4.57 Å². The number of imidazole rings is 1. The van der Waals surface area contributed by atoms with Crippen molar-refractivity contribution in [2.24, 2.45) is 0 Å². The van der Waals surface area contributed by atoms with Crippen LogP contribution >= 0.6 is 0 Å². The van der Waals surface area contributed by atoms with Crippen LogP contribution in [0.1, 0.15) is 30.2 Å². The van der Waals surface area contributed by atoms with E-state index in [1.165, 1.54) is 25.1 Å². The molecule has 3 rings (SSSR count). The zero-order valence-electron chi connectivity index (χ0n) is 10.9. The second kappa shape index (κ2) is 4.27. The summed E-state index contributed by atoms with van der Waals surface area (Å²) in [6.45, 7) is 1.47. The summed E-state index contributed by atoms with van der Waals surface area (Å²) in [6.07, 6.45) is 4.47. The third-order valence-corrected chi connectivity index (χ3v) is 4.00. The number of hydrogen-bond donors (Lipinski definition) is 0. The highest BCUT2D eigenvalue weighted by molar-refractivity contribution is 5.88. The molecule has 0 bridgehead atoms. The van der Waals surface area contributed by atoms with Gasteiger partial charge in [0.05, 0.1) is 18.0 Å². The summed E-state index contributed by atoms with van der Waals surface area (Å²) in [4.78, 5) is 16.3. The normalized spacial score (nSPS) is 20.4. The Hall–Kier alpha value is -2.48. The quantitative estimate of drug-likeness (QED) is 0.839. The Labute approximate surface area is 115 Å². The number of halogens is 1. The molecule has 0 fully saturated rings. The number of Topliss-reactive ketones (excluding diaryl/α,β-unsaturated/α-hetero) is 1. The summed E-state index contributed by atoms with van der Waals surface area (Å²) in [5.41, 5.74) is 0.433. The van der Waals surface area contributed by atoms with Gasteiger partial charge in [0.1, 0.15) is 11.4 Å². The highest BCUT2D eigenvalue weighted by atomic mass is 19.1. The number of fused-ring (bicyclic) bond motifs is 1. The third kappa shape index (κ3) is 1.51. The number of rotatable bonds is 2. The Balaban J connectivity index is 2.25. The van der Waals surface area contributed by atoms with Crippen molar-refractivity contribution in [2.45, 2.75) is 25.3 Å². The maximum Gasteiger partial charge on any atom is 0.160 e. The molecule has 0 radical (unpaired) electrons. The molecule has 20 heavy (non-hydrogen) atoms. The number of aromatic nitrogens is 2. The number of nitriles is 1. The van der Waals surface area contributed by atoms with E-state index in [4.69, 9.17) is 5.26 Å². The molecular formula is C15H12FN3O. The van der Waals surface area contributed by atoms with E-state index in [2.05, 4.69) is 4.98 Å². The SMILES string of the molecule is CC(=O)C1(c2ccc(C#N)cc2F)CCc2cncn21. The molecule has 1 aromatic heterocycles. The zero-order valence-corrected chi connectivity index (χ0v) is 10.9. The van der Waals surface area contributed by atoms with Gasteiger partial charge >= 0.3 is 0 Å². The van der Waals surface area contributed by atoms with Crippen molar-refractivity contribution >= 4 is 5.78 Å². The zero-order chi connectivity index (χ0) is 14.3. The van der Waals surface area contributed by atoms with E-state index in [0.717, 1.165) is 5.69 Å². The molecule has 100 valence electrons. The van der Waals surface area contributed by atoms with Gasteiger partial charge in [0.15, 0.2) is 5.78 Å². The molecule has 0 amide bonds. The monoisotopic (exact) mass is 269 g/mol. The number of carbonyl (C=O) groups is 1. The van der Waals surface area contributed by atoms with Gasteiger partial charge in [0, 0.05) is 17.5 Å².